The van der Waals surface area contributed by atoms with Gasteiger partial charge in [0.2, 0.25) is 0 Å². The van der Waals surface area contributed by atoms with Crippen LogP contribution in [0.25, 0.3) is 0 Å². The van der Waals surface area contributed by atoms with E-state index < -0.39 is 0 Å². The molecule has 0 rings (SSSR count). The van der Waals surface area contributed by atoms with Crippen molar-refractivity contribution in [2.24, 2.45) is 10.9 Å². The van der Waals surface area contributed by atoms with Crippen LogP contribution in [0.1, 0.15) is 47.0 Å². The first-order valence-electron chi connectivity index (χ1n) is 8.97. The lowest BCUT2D eigenvalue weighted by Gasteiger charge is -2.19. The molecule has 24 heavy (non-hydrogen) atoms. The predicted molar refractivity (Wildman–Crippen MR) is 105 cm³/mol. The van der Waals surface area contributed by atoms with Crippen molar-refractivity contribution in [1.82, 2.24) is 16.0 Å². The number of nitrogens with zero attached hydrogens (tertiary/aromatic N) is 1. The monoisotopic (exact) mass is 360 g/mol. The maximum Gasteiger partial charge on any atom is 0.407 e. The summed E-state index contributed by atoms with van der Waals surface area (Å²) in [5.41, 5.74) is 0. The van der Waals surface area contributed by atoms with Crippen LogP contribution in [0.2, 0.25) is 0 Å². The summed E-state index contributed by atoms with van der Waals surface area (Å²) < 4.78 is 4.98. The standard InChI is InChI=1S/C17H36N4O2S/c1-6-18-16(19-10-8-9-11-24-5)20-13-15(12-14(3)4)21-17(22)23-7-2/h14-15H,6-13H2,1-5H3,(H,21,22)(H2,18,19,20). The van der Waals surface area contributed by atoms with Crippen molar-refractivity contribution in [2.45, 2.75) is 53.0 Å². The fourth-order valence-corrected chi connectivity index (χ4v) is 2.70. The molecule has 142 valence electrons. The predicted octanol–water partition coefficient (Wildman–Crippen LogP) is 2.85. The normalized spacial score (nSPS) is 12.8. The van der Waals surface area contributed by atoms with Crippen LogP contribution in [0.15, 0.2) is 4.99 Å². The molecule has 0 fully saturated rings. The second-order valence-corrected chi connectivity index (χ2v) is 7.02. The van der Waals surface area contributed by atoms with Crippen molar-refractivity contribution in [1.29, 1.82) is 0 Å². The summed E-state index contributed by atoms with van der Waals surface area (Å²) in [7, 11) is 0. The van der Waals surface area contributed by atoms with Gasteiger partial charge in [0, 0.05) is 13.1 Å². The molecule has 1 unspecified atom stereocenters. The number of nitrogens with one attached hydrogen (secondary N) is 3. The van der Waals surface area contributed by atoms with Gasteiger partial charge in [0.1, 0.15) is 0 Å². The maximum absolute atomic E-state index is 11.7. The number of rotatable bonds is 12. The molecule has 0 bridgehead atoms. The molecule has 7 heteroatoms. The van der Waals surface area contributed by atoms with Crippen LogP contribution >= 0.6 is 11.8 Å². The van der Waals surface area contributed by atoms with Gasteiger partial charge in [0.05, 0.1) is 19.2 Å². The number of carbonyl (C=O) groups excluding carboxylic acids is 1. The summed E-state index contributed by atoms with van der Waals surface area (Å²) in [5, 5.41) is 9.51. The molecule has 0 saturated heterocycles. The minimum absolute atomic E-state index is 0.0176. The van der Waals surface area contributed by atoms with E-state index in [4.69, 9.17) is 4.74 Å². The lowest BCUT2D eigenvalue weighted by molar-refractivity contribution is 0.147. The van der Waals surface area contributed by atoms with Gasteiger partial charge < -0.3 is 20.7 Å². The van der Waals surface area contributed by atoms with Gasteiger partial charge >= 0.3 is 6.09 Å². The summed E-state index contributed by atoms with van der Waals surface area (Å²) in [6.07, 6.45) is 4.96. The Bertz CT molecular complexity index is 351. The molecular formula is C17H36N4O2S. The average molecular weight is 361 g/mol. The van der Waals surface area contributed by atoms with Gasteiger partial charge in [-0.3, -0.25) is 4.99 Å². The Labute approximate surface area is 152 Å². The summed E-state index contributed by atoms with van der Waals surface area (Å²) >= 11 is 1.87. The minimum Gasteiger partial charge on any atom is -0.450 e. The van der Waals surface area contributed by atoms with Gasteiger partial charge in [-0.25, -0.2) is 4.79 Å². The number of thioether (sulfide) groups is 1. The highest BCUT2D eigenvalue weighted by molar-refractivity contribution is 7.98. The van der Waals surface area contributed by atoms with Crippen molar-refractivity contribution >= 4 is 23.8 Å². The van der Waals surface area contributed by atoms with Crippen molar-refractivity contribution in [3.63, 3.8) is 0 Å². The van der Waals surface area contributed by atoms with E-state index in [0.29, 0.717) is 19.1 Å². The number of alkyl carbamates (subject to hydrolysis) is 1. The quantitative estimate of drug-likeness (QED) is 0.283. The van der Waals surface area contributed by atoms with Crippen molar-refractivity contribution in [3.8, 4) is 0 Å². The molecule has 6 nitrogen and oxygen atoms in total. The van der Waals surface area contributed by atoms with Crippen molar-refractivity contribution < 1.29 is 9.53 Å². The zero-order valence-electron chi connectivity index (χ0n) is 16.0. The average Bonchev–Trinajstić information content (AvgIpc) is 2.51. The third kappa shape index (κ3) is 13.3. The molecule has 0 aliphatic heterocycles. The Morgan fingerprint density at radius 2 is 1.96 bits per heavy atom. The van der Waals surface area contributed by atoms with Gasteiger partial charge in [0.25, 0.3) is 0 Å². The molecule has 1 atom stereocenters. The minimum atomic E-state index is -0.367. The van der Waals surface area contributed by atoms with Crippen LogP contribution in [0.5, 0.6) is 0 Å². The lowest BCUT2D eigenvalue weighted by Crippen LogP contribution is -2.41. The second-order valence-electron chi connectivity index (χ2n) is 6.04. The van der Waals surface area contributed by atoms with Crippen molar-refractivity contribution in [3.05, 3.63) is 0 Å². The largest absolute Gasteiger partial charge is 0.450 e. The second kappa shape index (κ2) is 15.4. The van der Waals surface area contributed by atoms with Crippen molar-refractivity contribution in [2.75, 3.05) is 38.2 Å². The smallest absolute Gasteiger partial charge is 0.407 e. The summed E-state index contributed by atoms with van der Waals surface area (Å²) in [6.45, 7) is 10.8. The van der Waals surface area contributed by atoms with Gasteiger partial charge in [-0.15, -0.1) is 0 Å². The highest BCUT2D eigenvalue weighted by Crippen LogP contribution is 2.05. The summed E-state index contributed by atoms with van der Waals surface area (Å²) in [4.78, 5) is 16.3. The van der Waals surface area contributed by atoms with Crippen LogP contribution < -0.4 is 16.0 Å². The van der Waals surface area contributed by atoms with Crippen LogP contribution in [0.4, 0.5) is 4.79 Å². The Balaban J connectivity index is 4.49. The SMILES string of the molecule is CCNC(=NCC(CC(C)C)NC(=O)OCC)NCCCCSC. The number of ether oxygens (including phenoxy) is 1. The van der Waals surface area contributed by atoms with E-state index in [1.807, 2.05) is 18.7 Å². The Kier molecular flexibility index (Phi) is 14.7. The number of hydrogen-bond acceptors (Lipinski definition) is 4. The van der Waals surface area contributed by atoms with Gasteiger partial charge in [-0.05, 0) is 51.0 Å². The van der Waals surface area contributed by atoms with E-state index in [0.717, 1.165) is 31.9 Å². The Morgan fingerprint density at radius 3 is 2.54 bits per heavy atom. The van der Waals surface area contributed by atoms with E-state index in [1.54, 1.807) is 6.92 Å². The molecule has 1 amide bonds. The number of hydrogen-bond donors (Lipinski definition) is 3. The number of unbranched alkanes of at least 4 members (excludes halogenated alkanes) is 1. The van der Waals surface area contributed by atoms with Gasteiger partial charge in [-0.2, -0.15) is 11.8 Å². The van der Waals surface area contributed by atoms with Gasteiger partial charge in [-0.1, -0.05) is 13.8 Å². The van der Waals surface area contributed by atoms with E-state index in [9.17, 15) is 4.79 Å². The zero-order valence-corrected chi connectivity index (χ0v) is 16.8. The van der Waals surface area contributed by atoms with E-state index >= 15 is 0 Å². The maximum atomic E-state index is 11.7. The molecule has 0 saturated carbocycles. The van der Waals surface area contributed by atoms with Crippen LogP contribution in [0, 0.1) is 5.92 Å². The Hall–Kier alpha value is -1.11. The molecule has 0 aromatic heterocycles. The molecule has 3 N–H and O–H groups in total. The molecular weight excluding hydrogens is 324 g/mol. The number of amides is 1. The topological polar surface area (TPSA) is 74.8 Å². The Morgan fingerprint density at radius 1 is 1.21 bits per heavy atom. The molecule has 0 heterocycles. The molecule has 0 radical (unpaired) electrons. The third-order valence-electron chi connectivity index (χ3n) is 3.24. The summed E-state index contributed by atoms with van der Waals surface area (Å²) in [6, 6.07) is -0.0176. The number of aliphatic imine (C=N–C) groups is 1. The van der Waals surface area contributed by atoms with Crippen LogP contribution in [0.3, 0.4) is 0 Å². The number of guanidine groups is 1. The third-order valence-corrected chi connectivity index (χ3v) is 3.93. The zero-order chi connectivity index (χ0) is 18.2. The molecule has 0 aliphatic carbocycles. The summed E-state index contributed by atoms with van der Waals surface area (Å²) in [5.74, 6) is 2.48. The highest BCUT2D eigenvalue weighted by Gasteiger charge is 2.14. The van der Waals surface area contributed by atoms with E-state index in [1.165, 1.54) is 12.2 Å². The van der Waals surface area contributed by atoms with Gasteiger partial charge in [0.15, 0.2) is 5.96 Å². The fourth-order valence-electron chi connectivity index (χ4n) is 2.21. The number of carbonyl (C=O) groups is 1. The lowest BCUT2D eigenvalue weighted by atomic mass is 10.0. The van der Waals surface area contributed by atoms with E-state index in [-0.39, 0.29) is 12.1 Å². The first-order chi connectivity index (χ1) is 11.5. The van der Waals surface area contributed by atoms with E-state index in [2.05, 4.69) is 41.0 Å². The van der Waals surface area contributed by atoms with Crippen LogP contribution in [-0.4, -0.2) is 56.3 Å². The highest BCUT2D eigenvalue weighted by atomic mass is 32.2. The fraction of sp³-hybridized carbons (Fsp3) is 0.882. The molecule has 0 aromatic carbocycles. The first kappa shape index (κ1) is 22.9. The molecule has 0 aromatic rings. The first-order valence-corrected chi connectivity index (χ1v) is 10.4. The molecule has 0 spiro atoms. The van der Waals surface area contributed by atoms with Crippen LogP contribution in [-0.2, 0) is 4.74 Å². The molecule has 0 aliphatic rings.